The van der Waals surface area contributed by atoms with E-state index in [2.05, 4.69) is 21.2 Å². The van der Waals surface area contributed by atoms with Crippen molar-refractivity contribution in [2.45, 2.75) is 0 Å². The Kier molecular flexibility index (Phi) is 3.73. The fraction of sp³-hybridized carbons (Fsp3) is 0. The summed E-state index contributed by atoms with van der Waals surface area (Å²) < 4.78 is 28.2. The molecule has 106 valence electrons. The van der Waals surface area contributed by atoms with E-state index in [9.17, 15) is 13.6 Å². The zero-order valence-corrected chi connectivity index (χ0v) is 12.9. The number of carbonyl (C=O) groups excluding carboxylic acids is 1. The lowest BCUT2D eigenvalue weighted by molar-refractivity contribution is 0.102. The third-order valence-corrected chi connectivity index (χ3v) is 4.55. The number of nitrogens with one attached hydrogen (secondary N) is 1. The molecule has 2 aromatic carbocycles. The number of halogens is 3. The van der Waals surface area contributed by atoms with E-state index in [1.54, 1.807) is 5.38 Å². The van der Waals surface area contributed by atoms with Crippen molar-refractivity contribution in [3.05, 3.63) is 63.4 Å². The normalized spacial score (nSPS) is 10.8. The monoisotopic (exact) mass is 367 g/mol. The molecule has 6 heteroatoms. The van der Waals surface area contributed by atoms with Gasteiger partial charge in [-0.3, -0.25) is 4.79 Å². The highest BCUT2D eigenvalue weighted by atomic mass is 79.9. The largest absolute Gasteiger partial charge is 0.319 e. The number of hydrogen-bond donors (Lipinski definition) is 1. The molecule has 0 bridgehead atoms. The molecule has 0 saturated heterocycles. The van der Waals surface area contributed by atoms with Crippen molar-refractivity contribution < 1.29 is 13.6 Å². The first-order valence-corrected chi connectivity index (χ1v) is 7.65. The van der Waals surface area contributed by atoms with Gasteiger partial charge in [-0.1, -0.05) is 18.2 Å². The van der Waals surface area contributed by atoms with Crippen LogP contribution in [-0.4, -0.2) is 5.91 Å². The van der Waals surface area contributed by atoms with Crippen molar-refractivity contribution in [3.8, 4) is 0 Å². The molecule has 3 aromatic rings. The Hall–Kier alpha value is -1.79. The first-order valence-electron chi connectivity index (χ1n) is 5.98. The molecule has 0 radical (unpaired) electrons. The predicted octanol–water partition coefficient (Wildman–Crippen LogP) is 5.19. The molecule has 0 saturated carbocycles. The molecule has 0 aliphatic heterocycles. The average Bonchev–Trinajstić information content (AvgIpc) is 2.88. The van der Waals surface area contributed by atoms with E-state index >= 15 is 0 Å². The highest BCUT2D eigenvalue weighted by molar-refractivity contribution is 9.10. The number of anilines is 1. The molecule has 0 spiro atoms. The van der Waals surface area contributed by atoms with Crippen molar-refractivity contribution in [1.82, 2.24) is 0 Å². The smallest absolute Gasteiger partial charge is 0.257 e. The number of benzene rings is 2. The SMILES string of the molecule is O=C(Nc1cc(F)c(Br)cc1F)c1csc2ccccc12. The summed E-state index contributed by atoms with van der Waals surface area (Å²) in [6, 6.07) is 9.36. The van der Waals surface area contributed by atoms with E-state index in [1.807, 2.05) is 24.3 Å². The molecule has 0 aliphatic rings. The topological polar surface area (TPSA) is 29.1 Å². The molecule has 0 aliphatic carbocycles. The van der Waals surface area contributed by atoms with Gasteiger partial charge < -0.3 is 5.32 Å². The average molecular weight is 368 g/mol. The van der Waals surface area contributed by atoms with Crippen molar-refractivity contribution in [2.24, 2.45) is 0 Å². The van der Waals surface area contributed by atoms with Gasteiger partial charge in [-0.15, -0.1) is 11.3 Å². The van der Waals surface area contributed by atoms with E-state index in [0.717, 1.165) is 22.2 Å². The van der Waals surface area contributed by atoms with Crippen LogP contribution in [0.1, 0.15) is 10.4 Å². The zero-order valence-electron chi connectivity index (χ0n) is 10.5. The van der Waals surface area contributed by atoms with Gasteiger partial charge in [0.15, 0.2) is 0 Å². The van der Waals surface area contributed by atoms with E-state index in [-0.39, 0.29) is 10.2 Å². The van der Waals surface area contributed by atoms with E-state index in [0.29, 0.717) is 5.56 Å². The van der Waals surface area contributed by atoms with Gasteiger partial charge in [0.05, 0.1) is 15.7 Å². The third kappa shape index (κ3) is 2.69. The minimum absolute atomic E-state index is 0.0129. The molecule has 3 rings (SSSR count). The molecule has 2 nitrogen and oxygen atoms in total. The van der Waals surface area contributed by atoms with Crippen LogP contribution in [0.3, 0.4) is 0 Å². The number of fused-ring (bicyclic) bond motifs is 1. The molecule has 1 amide bonds. The standard InChI is InChI=1S/C15H8BrF2NOS/c16-10-5-12(18)13(6-11(10)17)19-15(20)9-7-21-14-4-2-1-3-8(9)14/h1-7H,(H,19,20). The minimum Gasteiger partial charge on any atom is -0.319 e. The Morgan fingerprint density at radius 2 is 1.90 bits per heavy atom. The highest BCUT2D eigenvalue weighted by Crippen LogP contribution is 2.28. The summed E-state index contributed by atoms with van der Waals surface area (Å²) in [5, 5.41) is 4.90. The van der Waals surface area contributed by atoms with Crippen LogP contribution in [0.15, 0.2) is 46.3 Å². The van der Waals surface area contributed by atoms with Gasteiger partial charge in [0.2, 0.25) is 0 Å². The number of amides is 1. The molecule has 1 heterocycles. The molecule has 0 atom stereocenters. The Bertz CT molecular complexity index is 847. The summed E-state index contributed by atoms with van der Waals surface area (Å²) in [5.74, 6) is -1.80. The second kappa shape index (κ2) is 5.54. The lowest BCUT2D eigenvalue weighted by Crippen LogP contribution is -2.12. The van der Waals surface area contributed by atoms with Gasteiger partial charge in [-0.25, -0.2) is 8.78 Å². The summed E-state index contributed by atoms with van der Waals surface area (Å²) in [6.07, 6.45) is 0. The van der Waals surface area contributed by atoms with Crippen LogP contribution in [0.4, 0.5) is 14.5 Å². The second-order valence-electron chi connectivity index (χ2n) is 4.35. The summed E-state index contributed by atoms with van der Waals surface area (Å²) in [7, 11) is 0. The molecular weight excluding hydrogens is 360 g/mol. The summed E-state index contributed by atoms with van der Waals surface area (Å²) in [5.41, 5.74) is 0.259. The Morgan fingerprint density at radius 1 is 1.14 bits per heavy atom. The summed E-state index contributed by atoms with van der Waals surface area (Å²) >= 11 is 4.32. The van der Waals surface area contributed by atoms with Crippen LogP contribution in [0, 0.1) is 11.6 Å². The van der Waals surface area contributed by atoms with Gasteiger partial charge in [0.1, 0.15) is 11.6 Å². The molecule has 1 N–H and O–H groups in total. The van der Waals surface area contributed by atoms with Crippen LogP contribution < -0.4 is 5.32 Å². The first-order chi connectivity index (χ1) is 10.1. The van der Waals surface area contributed by atoms with Crippen molar-refractivity contribution in [1.29, 1.82) is 0 Å². The van der Waals surface area contributed by atoms with Crippen molar-refractivity contribution in [3.63, 3.8) is 0 Å². The fourth-order valence-corrected chi connectivity index (χ4v) is 3.22. The van der Waals surface area contributed by atoms with Crippen LogP contribution in [0.2, 0.25) is 0 Å². The highest BCUT2D eigenvalue weighted by Gasteiger charge is 2.15. The second-order valence-corrected chi connectivity index (χ2v) is 6.11. The van der Waals surface area contributed by atoms with Gasteiger partial charge >= 0.3 is 0 Å². The number of hydrogen-bond acceptors (Lipinski definition) is 2. The van der Waals surface area contributed by atoms with Gasteiger partial charge in [-0.2, -0.15) is 0 Å². The first kappa shape index (κ1) is 14.2. The predicted molar refractivity (Wildman–Crippen MR) is 83.8 cm³/mol. The third-order valence-electron chi connectivity index (χ3n) is 2.98. The van der Waals surface area contributed by atoms with E-state index in [1.165, 1.54) is 11.3 Å². The van der Waals surface area contributed by atoms with Crippen molar-refractivity contribution >= 4 is 48.9 Å². The quantitative estimate of drug-likeness (QED) is 0.620. The van der Waals surface area contributed by atoms with Crippen molar-refractivity contribution in [2.75, 3.05) is 5.32 Å². The maximum Gasteiger partial charge on any atom is 0.257 e. The zero-order chi connectivity index (χ0) is 15.0. The van der Waals surface area contributed by atoms with Crippen LogP contribution >= 0.6 is 27.3 Å². The summed E-state index contributed by atoms with van der Waals surface area (Å²) in [4.78, 5) is 12.2. The Balaban J connectivity index is 1.95. The van der Waals surface area contributed by atoms with Crippen LogP contribution in [0.5, 0.6) is 0 Å². The summed E-state index contributed by atoms with van der Waals surface area (Å²) in [6.45, 7) is 0. The molecule has 1 aromatic heterocycles. The lowest BCUT2D eigenvalue weighted by Gasteiger charge is -2.07. The molecular formula is C15H8BrF2NOS. The maximum absolute atomic E-state index is 13.7. The minimum atomic E-state index is -0.698. The molecule has 0 unspecified atom stereocenters. The Labute approximate surface area is 131 Å². The number of rotatable bonds is 2. The van der Waals surface area contributed by atoms with Crippen LogP contribution in [0.25, 0.3) is 10.1 Å². The molecule has 21 heavy (non-hydrogen) atoms. The van der Waals surface area contributed by atoms with E-state index < -0.39 is 17.5 Å². The number of carbonyl (C=O) groups is 1. The van der Waals surface area contributed by atoms with Gasteiger partial charge in [-0.05, 0) is 28.1 Å². The van der Waals surface area contributed by atoms with Crippen LogP contribution in [-0.2, 0) is 0 Å². The fourth-order valence-electron chi connectivity index (χ4n) is 1.96. The van der Waals surface area contributed by atoms with Gasteiger partial charge in [0, 0.05) is 21.5 Å². The van der Waals surface area contributed by atoms with Gasteiger partial charge in [0.25, 0.3) is 5.91 Å². The number of thiophene rings is 1. The lowest BCUT2D eigenvalue weighted by atomic mass is 10.1. The maximum atomic E-state index is 13.7. The van der Waals surface area contributed by atoms with E-state index in [4.69, 9.17) is 0 Å². The Morgan fingerprint density at radius 3 is 2.71 bits per heavy atom. The molecule has 0 fully saturated rings.